The van der Waals surface area contributed by atoms with Crippen LogP contribution < -0.4 is 14.4 Å². The first-order valence-corrected chi connectivity index (χ1v) is 13.8. The fraction of sp³-hybridized carbons (Fsp3) is 0.440. The Morgan fingerprint density at radius 1 is 1.11 bits per heavy atom. The van der Waals surface area contributed by atoms with Crippen molar-refractivity contribution in [1.82, 2.24) is 10.2 Å². The Balaban J connectivity index is 2.51. The number of carbonyl (C=O) groups is 2. The van der Waals surface area contributed by atoms with Gasteiger partial charge in [-0.2, -0.15) is 0 Å². The smallest absolute Gasteiger partial charge is 0.244 e. The molecule has 11 heteroatoms. The summed E-state index contributed by atoms with van der Waals surface area (Å²) in [5, 5.41) is 3.62. The number of benzene rings is 2. The summed E-state index contributed by atoms with van der Waals surface area (Å²) in [4.78, 5) is 28.0. The van der Waals surface area contributed by atoms with Gasteiger partial charge in [0.2, 0.25) is 21.8 Å². The standard InChI is InChI=1S/C25H33Cl2N3O5S/c1-16-8-11-22(35-6)21(12-16)30(36(7,33)34)15-23(31)29(17(2)24(32)28-25(3,4)5)14-18-9-10-19(26)13-20(18)27/h8-13,17H,14-15H2,1-7H3,(H,28,32). The molecule has 36 heavy (non-hydrogen) atoms. The summed E-state index contributed by atoms with van der Waals surface area (Å²) in [6, 6.07) is 8.95. The molecule has 8 nitrogen and oxygen atoms in total. The van der Waals surface area contributed by atoms with E-state index in [1.807, 2.05) is 20.8 Å². The van der Waals surface area contributed by atoms with Gasteiger partial charge < -0.3 is 15.0 Å². The van der Waals surface area contributed by atoms with Crippen molar-refractivity contribution >= 4 is 50.7 Å². The van der Waals surface area contributed by atoms with Gasteiger partial charge in [0.05, 0.1) is 19.1 Å². The molecule has 0 aromatic heterocycles. The summed E-state index contributed by atoms with van der Waals surface area (Å²) in [6.07, 6.45) is 1.01. The summed E-state index contributed by atoms with van der Waals surface area (Å²) in [6.45, 7) is 8.30. The third kappa shape index (κ3) is 8.01. The summed E-state index contributed by atoms with van der Waals surface area (Å²) in [5.41, 5.74) is 1.04. The number of carbonyl (C=O) groups excluding carboxylic acids is 2. The number of anilines is 1. The monoisotopic (exact) mass is 557 g/mol. The van der Waals surface area contributed by atoms with Crippen molar-refractivity contribution in [3.63, 3.8) is 0 Å². The van der Waals surface area contributed by atoms with Crippen LogP contribution in [0.25, 0.3) is 0 Å². The number of hydrogen-bond donors (Lipinski definition) is 1. The maximum Gasteiger partial charge on any atom is 0.244 e. The zero-order chi connectivity index (χ0) is 27.4. The second-order valence-electron chi connectivity index (χ2n) is 9.62. The minimum atomic E-state index is -3.90. The predicted molar refractivity (Wildman–Crippen MR) is 144 cm³/mol. The van der Waals surface area contributed by atoms with Gasteiger partial charge >= 0.3 is 0 Å². The number of aryl methyl sites for hydroxylation is 1. The van der Waals surface area contributed by atoms with E-state index in [0.717, 1.165) is 16.1 Å². The van der Waals surface area contributed by atoms with Crippen molar-refractivity contribution in [2.45, 2.75) is 52.7 Å². The molecule has 0 bridgehead atoms. The van der Waals surface area contributed by atoms with Crippen LogP contribution in [0, 0.1) is 6.92 Å². The van der Waals surface area contributed by atoms with Gasteiger partial charge in [0, 0.05) is 22.1 Å². The second kappa shape index (κ2) is 11.7. The van der Waals surface area contributed by atoms with E-state index < -0.39 is 34.1 Å². The van der Waals surface area contributed by atoms with Gasteiger partial charge in [-0.25, -0.2) is 8.42 Å². The van der Waals surface area contributed by atoms with E-state index in [4.69, 9.17) is 27.9 Å². The van der Waals surface area contributed by atoms with Crippen LogP contribution in [0.2, 0.25) is 10.0 Å². The predicted octanol–water partition coefficient (Wildman–Crippen LogP) is 4.41. The van der Waals surface area contributed by atoms with Crippen LogP contribution >= 0.6 is 23.2 Å². The zero-order valence-corrected chi connectivity index (χ0v) is 23.9. The molecule has 0 saturated carbocycles. The Morgan fingerprint density at radius 2 is 1.75 bits per heavy atom. The SMILES string of the molecule is COc1ccc(C)cc1N(CC(=O)N(Cc1ccc(Cl)cc1Cl)C(C)C(=O)NC(C)(C)C)S(C)(=O)=O. The highest BCUT2D eigenvalue weighted by Crippen LogP contribution is 2.31. The molecular formula is C25H33Cl2N3O5S. The molecule has 0 saturated heterocycles. The number of rotatable bonds is 9. The largest absolute Gasteiger partial charge is 0.495 e. The summed E-state index contributed by atoms with van der Waals surface area (Å²) in [7, 11) is -2.47. The van der Waals surface area contributed by atoms with E-state index in [1.165, 1.54) is 12.0 Å². The molecule has 0 heterocycles. The number of sulfonamides is 1. The first kappa shape index (κ1) is 29.7. The van der Waals surface area contributed by atoms with Crippen molar-refractivity contribution in [3.05, 3.63) is 57.6 Å². The molecular weight excluding hydrogens is 525 g/mol. The summed E-state index contributed by atoms with van der Waals surface area (Å²) < 4.78 is 31.9. The second-order valence-corrected chi connectivity index (χ2v) is 12.4. The molecule has 0 spiro atoms. The highest BCUT2D eigenvalue weighted by molar-refractivity contribution is 7.92. The third-order valence-corrected chi connectivity index (χ3v) is 7.02. The maximum atomic E-state index is 13.7. The molecule has 0 aliphatic carbocycles. The number of methoxy groups -OCH3 is 1. The lowest BCUT2D eigenvalue weighted by molar-refractivity contribution is -0.140. The summed E-state index contributed by atoms with van der Waals surface area (Å²) in [5.74, 6) is -0.684. The van der Waals surface area contributed by atoms with E-state index in [1.54, 1.807) is 50.2 Å². The van der Waals surface area contributed by atoms with Crippen molar-refractivity contribution < 1.29 is 22.7 Å². The lowest BCUT2D eigenvalue weighted by atomic mass is 10.1. The minimum Gasteiger partial charge on any atom is -0.495 e. The Labute approximate surface area is 223 Å². The van der Waals surface area contributed by atoms with Crippen molar-refractivity contribution in [2.24, 2.45) is 0 Å². The minimum absolute atomic E-state index is 0.0316. The Bertz CT molecular complexity index is 1230. The van der Waals surface area contributed by atoms with Gasteiger partial charge in [-0.3, -0.25) is 13.9 Å². The van der Waals surface area contributed by atoms with Crippen LogP contribution in [0.3, 0.4) is 0 Å². The van der Waals surface area contributed by atoms with E-state index in [-0.39, 0.29) is 18.1 Å². The van der Waals surface area contributed by atoms with E-state index in [0.29, 0.717) is 21.4 Å². The van der Waals surface area contributed by atoms with Crippen molar-refractivity contribution in [2.75, 3.05) is 24.2 Å². The van der Waals surface area contributed by atoms with Crippen LogP contribution in [0.1, 0.15) is 38.8 Å². The van der Waals surface area contributed by atoms with Gasteiger partial charge in [-0.1, -0.05) is 35.3 Å². The molecule has 2 aromatic carbocycles. The average Bonchev–Trinajstić information content (AvgIpc) is 2.74. The molecule has 0 fully saturated rings. The average molecular weight is 559 g/mol. The van der Waals surface area contributed by atoms with Crippen LogP contribution in [0.5, 0.6) is 5.75 Å². The Kier molecular flexibility index (Phi) is 9.67. The van der Waals surface area contributed by atoms with Crippen molar-refractivity contribution in [3.8, 4) is 5.75 Å². The third-order valence-electron chi connectivity index (χ3n) is 5.30. The quantitative estimate of drug-likeness (QED) is 0.492. The molecule has 0 aliphatic rings. The van der Waals surface area contributed by atoms with Gasteiger partial charge in [0.25, 0.3) is 0 Å². The van der Waals surface area contributed by atoms with Gasteiger partial charge in [-0.05, 0) is 70.0 Å². The number of amides is 2. The van der Waals surface area contributed by atoms with Crippen LogP contribution in [-0.2, 0) is 26.2 Å². The zero-order valence-electron chi connectivity index (χ0n) is 21.6. The first-order chi connectivity index (χ1) is 16.5. The lowest BCUT2D eigenvalue weighted by Crippen LogP contribution is -2.54. The van der Waals surface area contributed by atoms with E-state index in [9.17, 15) is 18.0 Å². The molecule has 2 amide bonds. The fourth-order valence-electron chi connectivity index (χ4n) is 3.48. The van der Waals surface area contributed by atoms with E-state index >= 15 is 0 Å². The molecule has 2 rings (SSSR count). The van der Waals surface area contributed by atoms with Crippen LogP contribution in [-0.4, -0.2) is 56.6 Å². The van der Waals surface area contributed by atoms with Crippen LogP contribution in [0.15, 0.2) is 36.4 Å². The molecule has 1 N–H and O–H groups in total. The van der Waals surface area contributed by atoms with Gasteiger partial charge in [0.1, 0.15) is 18.3 Å². The van der Waals surface area contributed by atoms with Crippen LogP contribution in [0.4, 0.5) is 5.69 Å². The number of ether oxygens (including phenoxy) is 1. The van der Waals surface area contributed by atoms with Gasteiger partial charge in [0.15, 0.2) is 0 Å². The number of nitrogens with one attached hydrogen (secondary N) is 1. The lowest BCUT2D eigenvalue weighted by Gasteiger charge is -2.33. The first-order valence-electron chi connectivity index (χ1n) is 11.2. The molecule has 0 aliphatic heterocycles. The Hall–Kier alpha value is -2.49. The topological polar surface area (TPSA) is 96.0 Å². The fourth-order valence-corrected chi connectivity index (χ4v) is 4.79. The van der Waals surface area contributed by atoms with E-state index in [2.05, 4.69) is 5.32 Å². The normalized spacial score (nSPS) is 12.6. The van der Waals surface area contributed by atoms with Gasteiger partial charge in [-0.15, -0.1) is 0 Å². The molecule has 1 atom stereocenters. The summed E-state index contributed by atoms with van der Waals surface area (Å²) >= 11 is 12.4. The highest BCUT2D eigenvalue weighted by atomic mass is 35.5. The molecule has 198 valence electrons. The molecule has 2 aromatic rings. The van der Waals surface area contributed by atoms with Crippen molar-refractivity contribution in [1.29, 1.82) is 0 Å². The Morgan fingerprint density at radius 3 is 2.28 bits per heavy atom. The molecule has 0 radical (unpaired) electrons. The maximum absolute atomic E-state index is 13.7. The number of nitrogens with zero attached hydrogens (tertiary/aromatic N) is 2. The number of halogens is 2. The number of hydrogen-bond acceptors (Lipinski definition) is 5. The molecule has 1 unspecified atom stereocenters. The highest BCUT2D eigenvalue weighted by Gasteiger charge is 2.32.